The first-order chi connectivity index (χ1) is 9.06. The minimum atomic E-state index is -1.05. The number of hydrogen-bond acceptors (Lipinski definition) is 4. The largest absolute Gasteiger partial charge is 0.389 e. The minimum Gasteiger partial charge on any atom is -0.389 e. The van der Waals surface area contributed by atoms with Crippen molar-refractivity contribution in [2.45, 2.75) is 31.2 Å². The van der Waals surface area contributed by atoms with Gasteiger partial charge in [0.1, 0.15) is 11.9 Å². The molecule has 0 aromatic heterocycles. The maximum absolute atomic E-state index is 12.7. The third-order valence-electron chi connectivity index (χ3n) is 3.53. The number of β-amino-alcohol motifs (C(OH)–C–C–N with tert-alkyl or cyclic N) is 2. The normalized spacial score (nSPS) is 28.5. The molecule has 0 amide bonds. The van der Waals surface area contributed by atoms with Crippen LogP contribution in [0.3, 0.4) is 0 Å². The smallest absolute Gasteiger partial charge is 0.123 e. The molecule has 0 bridgehead atoms. The van der Waals surface area contributed by atoms with Crippen LogP contribution in [0.4, 0.5) is 4.39 Å². The molecule has 1 fully saturated rings. The van der Waals surface area contributed by atoms with Crippen molar-refractivity contribution in [3.05, 3.63) is 35.6 Å². The average molecular weight is 269 g/mol. The van der Waals surface area contributed by atoms with Gasteiger partial charge < -0.3 is 15.3 Å². The van der Waals surface area contributed by atoms with Crippen LogP contribution in [-0.4, -0.2) is 58.2 Å². The van der Waals surface area contributed by atoms with E-state index in [0.717, 1.165) is 24.9 Å². The topological polar surface area (TPSA) is 63.9 Å². The number of likely N-dealkylation sites (tertiary alicyclic amines) is 1. The highest BCUT2D eigenvalue weighted by Crippen LogP contribution is 2.13. The first-order valence-corrected chi connectivity index (χ1v) is 6.57. The quantitative estimate of drug-likeness (QED) is 0.728. The van der Waals surface area contributed by atoms with E-state index in [1.54, 1.807) is 12.1 Å². The van der Waals surface area contributed by atoms with E-state index in [1.807, 2.05) is 4.90 Å². The summed E-state index contributed by atoms with van der Waals surface area (Å²) in [6.07, 6.45) is -1.15. The molecule has 4 nitrogen and oxygen atoms in total. The number of aliphatic hydroxyl groups excluding tert-OH is 3. The van der Waals surface area contributed by atoms with E-state index < -0.39 is 18.3 Å². The SMILES string of the molecule is OC1CN(CCCc2ccc(F)cc2)CC(O)C1O. The van der Waals surface area contributed by atoms with Gasteiger partial charge in [0.2, 0.25) is 0 Å². The Bertz CT molecular complexity index is 386. The molecule has 1 heterocycles. The van der Waals surface area contributed by atoms with Gasteiger partial charge in [-0.25, -0.2) is 4.39 Å². The van der Waals surface area contributed by atoms with Gasteiger partial charge in [-0.15, -0.1) is 0 Å². The molecule has 2 atom stereocenters. The Labute approximate surface area is 112 Å². The fraction of sp³-hybridized carbons (Fsp3) is 0.571. The van der Waals surface area contributed by atoms with Crippen molar-refractivity contribution in [3.63, 3.8) is 0 Å². The molecule has 1 saturated heterocycles. The monoisotopic (exact) mass is 269 g/mol. The lowest BCUT2D eigenvalue weighted by molar-refractivity contribution is -0.109. The first-order valence-electron chi connectivity index (χ1n) is 6.57. The molecule has 1 aliphatic rings. The van der Waals surface area contributed by atoms with Gasteiger partial charge in [-0.3, -0.25) is 4.90 Å². The van der Waals surface area contributed by atoms with E-state index in [1.165, 1.54) is 12.1 Å². The Hall–Kier alpha value is -1.01. The van der Waals surface area contributed by atoms with Crippen LogP contribution >= 0.6 is 0 Å². The number of nitrogens with zero attached hydrogens (tertiary/aromatic N) is 1. The maximum atomic E-state index is 12.7. The summed E-state index contributed by atoms with van der Waals surface area (Å²) in [6.45, 7) is 1.49. The molecule has 1 aromatic carbocycles. The fourth-order valence-corrected chi connectivity index (χ4v) is 2.42. The standard InChI is InChI=1S/C14H20FNO3/c15-11-5-3-10(4-6-11)2-1-7-16-8-12(17)14(19)13(18)9-16/h3-6,12-14,17-19H,1-2,7-9H2. The Morgan fingerprint density at radius 1 is 1.05 bits per heavy atom. The third kappa shape index (κ3) is 3.98. The van der Waals surface area contributed by atoms with Gasteiger partial charge in [0.05, 0.1) is 12.2 Å². The molecule has 19 heavy (non-hydrogen) atoms. The maximum Gasteiger partial charge on any atom is 0.123 e. The molecule has 5 heteroatoms. The molecule has 0 aliphatic carbocycles. The highest BCUT2D eigenvalue weighted by Gasteiger charge is 2.32. The van der Waals surface area contributed by atoms with E-state index in [2.05, 4.69) is 0 Å². The number of hydrogen-bond donors (Lipinski definition) is 3. The minimum absolute atomic E-state index is 0.236. The lowest BCUT2D eigenvalue weighted by Gasteiger charge is -2.36. The lowest BCUT2D eigenvalue weighted by Crippen LogP contribution is -2.55. The summed E-state index contributed by atoms with van der Waals surface area (Å²) in [5.41, 5.74) is 1.07. The fourth-order valence-electron chi connectivity index (χ4n) is 2.42. The van der Waals surface area contributed by atoms with Gasteiger partial charge in [-0.1, -0.05) is 12.1 Å². The molecule has 0 radical (unpaired) electrons. The molecular weight excluding hydrogens is 249 g/mol. The van der Waals surface area contributed by atoms with Crippen molar-refractivity contribution < 1.29 is 19.7 Å². The predicted octanol–water partition coefficient (Wildman–Crippen LogP) is 0.157. The second-order valence-electron chi connectivity index (χ2n) is 5.11. The van der Waals surface area contributed by atoms with Gasteiger partial charge in [0, 0.05) is 13.1 Å². The first kappa shape index (κ1) is 14.4. The molecule has 0 saturated carbocycles. The lowest BCUT2D eigenvalue weighted by atomic mass is 10.0. The van der Waals surface area contributed by atoms with Crippen LogP contribution in [0.1, 0.15) is 12.0 Å². The van der Waals surface area contributed by atoms with Crippen molar-refractivity contribution >= 4 is 0 Å². The molecule has 1 aromatic rings. The Balaban J connectivity index is 1.75. The summed E-state index contributed by atoms with van der Waals surface area (Å²) in [4.78, 5) is 1.94. The van der Waals surface area contributed by atoms with Crippen LogP contribution in [0, 0.1) is 5.82 Å². The van der Waals surface area contributed by atoms with E-state index >= 15 is 0 Å². The van der Waals surface area contributed by atoms with Gasteiger partial charge in [0.25, 0.3) is 0 Å². The Kier molecular flexibility index (Phi) is 4.87. The number of aryl methyl sites for hydroxylation is 1. The van der Waals surface area contributed by atoms with E-state index in [4.69, 9.17) is 0 Å². The highest BCUT2D eigenvalue weighted by molar-refractivity contribution is 5.16. The molecule has 0 spiro atoms. The zero-order valence-corrected chi connectivity index (χ0v) is 10.7. The van der Waals surface area contributed by atoms with Crippen LogP contribution in [-0.2, 0) is 6.42 Å². The van der Waals surface area contributed by atoms with Gasteiger partial charge in [-0.2, -0.15) is 0 Å². The van der Waals surface area contributed by atoms with E-state index in [9.17, 15) is 19.7 Å². The van der Waals surface area contributed by atoms with Crippen LogP contribution in [0.15, 0.2) is 24.3 Å². The summed E-state index contributed by atoms with van der Waals surface area (Å²) >= 11 is 0. The molecular formula is C14H20FNO3. The second kappa shape index (κ2) is 6.43. The zero-order chi connectivity index (χ0) is 13.8. The van der Waals surface area contributed by atoms with Gasteiger partial charge in [0.15, 0.2) is 0 Å². The van der Waals surface area contributed by atoms with Crippen LogP contribution < -0.4 is 0 Å². The van der Waals surface area contributed by atoms with E-state index in [-0.39, 0.29) is 5.82 Å². The predicted molar refractivity (Wildman–Crippen MR) is 69.2 cm³/mol. The Morgan fingerprint density at radius 2 is 1.63 bits per heavy atom. The van der Waals surface area contributed by atoms with Gasteiger partial charge >= 0.3 is 0 Å². The van der Waals surface area contributed by atoms with Crippen LogP contribution in [0.5, 0.6) is 0 Å². The number of halogens is 1. The number of benzene rings is 1. The van der Waals surface area contributed by atoms with Gasteiger partial charge in [-0.05, 0) is 37.1 Å². The van der Waals surface area contributed by atoms with E-state index in [0.29, 0.717) is 13.1 Å². The molecule has 106 valence electrons. The summed E-state index contributed by atoms with van der Waals surface area (Å²) < 4.78 is 12.7. The summed E-state index contributed by atoms with van der Waals surface area (Å²) in [5.74, 6) is -0.236. The summed E-state index contributed by atoms with van der Waals surface area (Å²) in [6, 6.07) is 6.41. The van der Waals surface area contributed by atoms with Crippen molar-refractivity contribution in [2.24, 2.45) is 0 Å². The van der Waals surface area contributed by atoms with Crippen molar-refractivity contribution in [2.75, 3.05) is 19.6 Å². The molecule has 2 rings (SSSR count). The summed E-state index contributed by atoms with van der Waals surface area (Å²) in [5, 5.41) is 28.6. The van der Waals surface area contributed by atoms with Crippen molar-refractivity contribution in [3.8, 4) is 0 Å². The summed E-state index contributed by atoms with van der Waals surface area (Å²) in [7, 11) is 0. The molecule has 3 N–H and O–H groups in total. The van der Waals surface area contributed by atoms with Crippen LogP contribution in [0.25, 0.3) is 0 Å². The number of rotatable bonds is 4. The number of piperidine rings is 1. The average Bonchev–Trinajstić information content (AvgIpc) is 2.38. The highest BCUT2D eigenvalue weighted by atomic mass is 19.1. The third-order valence-corrected chi connectivity index (χ3v) is 3.53. The van der Waals surface area contributed by atoms with Crippen LogP contribution in [0.2, 0.25) is 0 Å². The zero-order valence-electron chi connectivity index (χ0n) is 10.7. The van der Waals surface area contributed by atoms with Crippen molar-refractivity contribution in [1.82, 2.24) is 4.90 Å². The number of aliphatic hydroxyl groups is 3. The molecule has 1 aliphatic heterocycles. The second-order valence-corrected chi connectivity index (χ2v) is 5.11. The van der Waals surface area contributed by atoms with Crippen molar-refractivity contribution in [1.29, 1.82) is 0 Å². The Morgan fingerprint density at radius 3 is 2.21 bits per heavy atom. The molecule has 2 unspecified atom stereocenters.